The number of thiocarbonyl (C=S) groups is 1. The molecule has 6 nitrogen and oxygen atoms in total. The number of methoxy groups -OCH3 is 2. The summed E-state index contributed by atoms with van der Waals surface area (Å²) < 4.78 is 10.0. The standard InChI is InChI=1S/C21H25N3O3S/c1-26-19-5-3-4-18(15-19)23-10-12-24(13-11-23)21(28)22-17-8-6-16(7-9-17)14-20(25)27-2/h3-9,15H,10-14H2,1-2H3,(H,22,28). The molecular formula is C21H25N3O3S. The normalized spacial score (nSPS) is 13.8. The van der Waals surface area contributed by atoms with Crippen LogP contribution in [0.4, 0.5) is 11.4 Å². The van der Waals surface area contributed by atoms with E-state index in [9.17, 15) is 4.79 Å². The van der Waals surface area contributed by atoms with Crippen LogP contribution in [0.5, 0.6) is 5.75 Å². The summed E-state index contributed by atoms with van der Waals surface area (Å²) in [7, 11) is 3.08. The number of piperazine rings is 1. The molecule has 1 fully saturated rings. The lowest BCUT2D eigenvalue weighted by atomic mass is 10.1. The first kappa shape index (κ1) is 19.9. The van der Waals surface area contributed by atoms with Gasteiger partial charge in [-0.2, -0.15) is 0 Å². The van der Waals surface area contributed by atoms with E-state index in [1.807, 2.05) is 36.4 Å². The number of hydrogen-bond acceptors (Lipinski definition) is 5. The van der Waals surface area contributed by atoms with Crippen LogP contribution in [0.3, 0.4) is 0 Å². The Bertz CT molecular complexity index is 818. The quantitative estimate of drug-likeness (QED) is 0.613. The fourth-order valence-electron chi connectivity index (χ4n) is 3.12. The van der Waals surface area contributed by atoms with Crippen LogP contribution in [0, 0.1) is 0 Å². The number of esters is 1. The maximum atomic E-state index is 11.3. The van der Waals surface area contributed by atoms with Gasteiger partial charge in [0.25, 0.3) is 0 Å². The second kappa shape index (κ2) is 9.41. The highest BCUT2D eigenvalue weighted by Crippen LogP contribution is 2.22. The van der Waals surface area contributed by atoms with Gasteiger partial charge in [0.15, 0.2) is 5.11 Å². The molecule has 7 heteroatoms. The van der Waals surface area contributed by atoms with E-state index >= 15 is 0 Å². The van der Waals surface area contributed by atoms with Crippen molar-refractivity contribution in [2.45, 2.75) is 6.42 Å². The van der Waals surface area contributed by atoms with Gasteiger partial charge in [0.1, 0.15) is 5.75 Å². The first-order chi connectivity index (χ1) is 13.6. The Kier molecular flexibility index (Phi) is 6.71. The van der Waals surface area contributed by atoms with E-state index in [1.54, 1.807) is 7.11 Å². The van der Waals surface area contributed by atoms with Crippen molar-refractivity contribution in [2.24, 2.45) is 0 Å². The van der Waals surface area contributed by atoms with Crippen molar-refractivity contribution in [1.29, 1.82) is 0 Å². The zero-order valence-electron chi connectivity index (χ0n) is 16.2. The van der Waals surface area contributed by atoms with Crippen molar-refractivity contribution in [2.75, 3.05) is 50.6 Å². The Morgan fingerprint density at radius 3 is 2.43 bits per heavy atom. The summed E-state index contributed by atoms with van der Waals surface area (Å²) in [6.45, 7) is 3.49. The van der Waals surface area contributed by atoms with Crippen molar-refractivity contribution < 1.29 is 14.3 Å². The van der Waals surface area contributed by atoms with E-state index in [0.29, 0.717) is 5.11 Å². The van der Waals surface area contributed by atoms with Crippen molar-refractivity contribution in [3.05, 3.63) is 54.1 Å². The molecule has 2 aromatic carbocycles. The highest BCUT2D eigenvalue weighted by atomic mass is 32.1. The predicted molar refractivity (Wildman–Crippen MR) is 115 cm³/mol. The number of anilines is 2. The molecule has 0 bridgehead atoms. The minimum Gasteiger partial charge on any atom is -0.497 e. The molecule has 0 amide bonds. The molecule has 1 aliphatic rings. The Balaban J connectivity index is 1.51. The minimum absolute atomic E-state index is 0.245. The molecule has 3 rings (SSSR count). The molecule has 0 aromatic heterocycles. The molecular weight excluding hydrogens is 374 g/mol. The van der Waals surface area contributed by atoms with Crippen LogP contribution in [0.2, 0.25) is 0 Å². The van der Waals surface area contributed by atoms with Crippen LogP contribution in [0.15, 0.2) is 48.5 Å². The Labute approximate surface area is 171 Å². The number of carbonyl (C=O) groups excluding carboxylic acids is 1. The number of ether oxygens (including phenoxy) is 2. The summed E-state index contributed by atoms with van der Waals surface area (Å²) >= 11 is 5.57. The molecule has 1 aliphatic heterocycles. The Hall–Kier alpha value is -2.80. The van der Waals surface area contributed by atoms with Gasteiger partial charge in [-0.15, -0.1) is 0 Å². The Morgan fingerprint density at radius 1 is 1.07 bits per heavy atom. The molecule has 0 saturated carbocycles. The van der Waals surface area contributed by atoms with Crippen LogP contribution in [0.25, 0.3) is 0 Å². The average Bonchev–Trinajstić information content (AvgIpc) is 2.75. The smallest absolute Gasteiger partial charge is 0.309 e. The van der Waals surface area contributed by atoms with E-state index in [1.165, 1.54) is 12.8 Å². The van der Waals surface area contributed by atoms with Crippen molar-refractivity contribution >= 4 is 34.7 Å². The molecule has 1 heterocycles. The molecule has 0 unspecified atom stereocenters. The first-order valence-electron chi connectivity index (χ1n) is 9.19. The first-order valence-corrected chi connectivity index (χ1v) is 9.60. The number of nitrogens with zero attached hydrogens (tertiary/aromatic N) is 2. The monoisotopic (exact) mass is 399 g/mol. The van der Waals surface area contributed by atoms with Crippen LogP contribution in [-0.2, 0) is 16.0 Å². The molecule has 148 valence electrons. The molecule has 0 atom stereocenters. The third kappa shape index (κ3) is 5.13. The highest BCUT2D eigenvalue weighted by Gasteiger charge is 2.19. The number of hydrogen-bond donors (Lipinski definition) is 1. The van der Waals surface area contributed by atoms with E-state index in [2.05, 4.69) is 32.0 Å². The van der Waals surface area contributed by atoms with Gasteiger partial charge in [-0.1, -0.05) is 18.2 Å². The van der Waals surface area contributed by atoms with Gasteiger partial charge in [-0.3, -0.25) is 4.79 Å². The zero-order valence-corrected chi connectivity index (χ0v) is 17.0. The van der Waals surface area contributed by atoms with Crippen LogP contribution >= 0.6 is 12.2 Å². The topological polar surface area (TPSA) is 54.0 Å². The van der Waals surface area contributed by atoms with E-state index in [4.69, 9.17) is 17.0 Å². The number of nitrogens with one attached hydrogen (secondary N) is 1. The van der Waals surface area contributed by atoms with Gasteiger partial charge >= 0.3 is 5.97 Å². The van der Waals surface area contributed by atoms with Crippen molar-refractivity contribution in [3.8, 4) is 5.75 Å². The molecule has 1 saturated heterocycles. The summed E-state index contributed by atoms with van der Waals surface area (Å²) in [4.78, 5) is 15.9. The van der Waals surface area contributed by atoms with Crippen molar-refractivity contribution in [1.82, 2.24) is 4.90 Å². The van der Waals surface area contributed by atoms with Gasteiger partial charge < -0.3 is 24.6 Å². The third-order valence-electron chi connectivity index (χ3n) is 4.77. The molecule has 0 radical (unpaired) electrons. The molecule has 1 N–H and O–H groups in total. The van der Waals surface area contributed by atoms with Crippen LogP contribution in [0.1, 0.15) is 5.56 Å². The molecule has 0 aliphatic carbocycles. The maximum Gasteiger partial charge on any atom is 0.309 e. The number of benzene rings is 2. The summed E-state index contributed by atoms with van der Waals surface area (Å²) in [6, 6.07) is 15.8. The summed E-state index contributed by atoms with van der Waals surface area (Å²) in [5.74, 6) is 0.623. The van der Waals surface area contributed by atoms with Gasteiger partial charge in [0.2, 0.25) is 0 Å². The van der Waals surface area contributed by atoms with Crippen molar-refractivity contribution in [3.63, 3.8) is 0 Å². The van der Waals surface area contributed by atoms with E-state index < -0.39 is 0 Å². The lowest BCUT2D eigenvalue weighted by Gasteiger charge is -2.37. The van der Waals surface area contributed by atoms with Gasteiger partial charge in [0.05, 0.1) is 20.6 Å². The van der Waals surface area contributed by atoms with Gasteiger partial charge in [-0.25, -0.2) is 0 Å². The van der Waals surface area contributed by atoms with E-state index in [-0.39, 0.29) is 12.4 Å². The van der Waals surface area contributed by atoms with E-state index in [0.717, 1.165) is 43.2 Å². The lowest BCUT2D eigenvalue weighted by Crippen LogP contribution is -2.50. The summed E-state index contributed by atoms with van der Waals surface area (Å²) in [5.41, 5.74) is 2.99. The summed E-state index contributed by atoms with van der Waals surface area (Å²) in [6.07, 6.45) is 0.271. The zero-order chi connectivity index (χ0) is 19.9. The third-order valence-corrected chi connectivity index (χ3v) is 5.13. The average molecular weight is 400 g/mol. The van der Waals surface area contributed by atoms with Crippen LogP contribution < -0.4 is 15.0 Å². The SMILES string of the molecule is COC(=O)Cc1ccc(NC(=S)N2CCN(c3cccc(OC)c3)CC2)cc1. The largest absolute Gasteiger partial charge is 0.497 e. The minimum atomic E-state index is -0.245. The second-order valence-corrected chi connectivity index (χ2v) is 6.94. The van der Waals surface area contributed by atoms with Gasteiger partial charge in [0, 0.05) is 43.6 Å². The lowest BCUT2D eigenvalue weighted by molar-refractivity contribution is -0.139. The number of carbonyl (C=O) groups is 1. The molecule has 0 spiro atoms. The number of rotatable bonds is 5. The second-order valence-electron chi connectivity index (χ2n) is 6.56. The molecule has 28 heavy (non-hydrogen) atoms. The highest BCUT2D eigenvalue weighted by molar-refractivity contribution is 7.80. The fourth-order valence-corrected chi connectivity index (χ4v) is 3.42. The predicted octanol–water partition coefficient (Wildman–Crippen LogP) is 2.93. The van der Waals surface area contributed by atoms with Gasteiger partial charge in [-0.05, 0) is 42.0 Å². The summed E-state index contributed by atoms with van der Waals surface area (Å²) in [5, 5.41) is 4.00. The Morgan fingerprint density at radius 2 is 1.79 bits per heavy atom. The molecule has 2 aromatic rings. The fraction of sp³-hybridized carbons (Fsp3) is 0.333. The van der Waals surface area contributed by atoms with Crippen LogP contribution in [-0.4, -0.2) is 56.4 Å². The maximum absolute atomic E-state index is 11.3.